The van der Waals surface area contributed by atoms with Gasteiger partial charge in [0.1, 0.15) is 11.9 Å². The summed E-state index contributed by atoms with van der Waals surface area (Å²) in [7, 11) is 0. The van der Waals surface area contributed by atoms with Gasteiger partial charge in [-0.25, -0.2) is 0 Å². The maximum absolute atomic E-state index is 11.8. The molecule has 1 aromatic rings. The Labute approximate surface area is 118 Å². The van der Waals surface area contributed by atoms with Gasteiger partial charge in [0, 0.05) is 11.6 Å². The van der Waals surface area contributed by atoms with Crippen molar-refractivity contribution in [2.45, 2.75) is 26.0 Å². The van der Waals surface area contributed by atoms with Gasteiger partial charge in [-0.3, -0.25) is 10.1 Å². The fourth-order valence-corrected chi connectivity index (χ4v) is 2.84. The van der Waals surface area contributed by atoms with Crippen LogP contribution in [0.4, 0.5) is 0 Å². The van der Waals surface area contributed by atoms with Crippen LogP contribution in [0.3, 0.4) is 0 Å². The van der Waals surface area contributed by atoms with Gasteiger partial charge >= 0.3 is 0 Å². The molecular weight excluding hydrogens is 260 g/mol. The Morgan fingerprint density at radius 2 is 2.47 bits per heavy atom. The van der Waals surface area contributed by atoms with E-state index in [2.05, 4.69) is 10.6 Å². The first kappa shape index (κ1) is 14.2. The fraction of sp³-hybridized carbons (Fsp3) is 0.500. The minimum Gasteiger partial charge on any atom is -0.489 e. The standard InChI is InChI=1S/C14H20N2O2S/c1-10-4-3-5-12(6-10)18-11(2)7-15-14(17)13-8-19-9-16-13/h3-6,11,13,16H,7-9H2,1-2H3,(H,15,17). The van der Waals surface area contributed by atoms with Crippen LogP contribution in [-0.4, -0.2) is 36.2 Å². The normalized spacial score (nSPS) is 20.0. The van der Waals surface area contributed by atoms with Gasteiger partial charge in [0.15, 0.2) is 0 Å². The van der Waals surface area contributed by atoms with E-state index in [1.807, 2.05) is 38.1 Å². The molecule has 0 radical (unpaired) electrons. The van der Waals surface area contributed by atoms with Crippen molar-refractivity contribution in [3.63, 3.8) is 0 Å². The van der Waals surface area contributed by atoms with Gasteiger partial charge in [-0.1, -0.05) is 12.1 Å². The van der Waals surface area contributed by atoms with Crippen LogP contribution >= 0.6 is 11.8 Å². The fourth-order valence-electron chi connectivity index (χ4n) is 1.89. The molecule has 1 heterocycles. The summed E-state index contributed by atoms with van der Waals surface area (Å²) in [5.74, 6) is 2.60. The molecule has 1 saturated heterocycles. The monoisotopic (exact) mass is 280 g/mol. The first-order valence-electron chi connectivity index (χ1n) is 6.47. The quantitative estimate of drug-likeness (QED) is 0.859. The number of carbonyl (C=O) groups excluding carboxylic acids is 1. The van der Waals surface area contributed by atoms with Crippen LogP contribution in [0.15, 0.2) is 24.3 Å². The average Bonchev–Trinajstić information content (AvgIpc) is 2.90. The Morgan fingerprint density at radius 1 is 1.63 bits per heavy atom. The minimum absolute atomic E-state index is 0.0418. The van der Waals surface area contributed by atoms with E-state index >= 15 is 0 Å². The Bertz CT molecular complexity index is 433. The summed E-state index contributed by atoms with van der Waals surface area (Å²) >= 11 is 1.75. The molecule has 2 rings (SSSR count). The lowest BCUT2D eigenvalue weighted by Gasteiger charge is -2.17. The number of amides is 1. The molecule has 19 heavy (non-hydrogen) atoms. The smallest absolute Gasteiger partial charge is 0.238 e. The summed E-state index contributed by atoms with van der Waals surface area (Å²) in [6.45, 7) is 4.51. The SMILES string of the molecule is Cc1cccc(OC(C)CNC(=O)C2CSCN2)c1. The van der Waals surface area contributed by atoms with E-state index in [1.54, 1.807) is 11.8 Å². The highest BCUT2D eigenvalue weighted by Crippen LogP contribution is 2.14. The highest BCUT2D eigenvalue weighted by atomic mass is 32.2. The van der Waals surface area contributed by atoms with Gasteiger partial charge < -0.3 is 10.1 Å². The molecule has 1 fully saturated rings. The van der Waals surface area contributed by atoms with E-state index < -0.39 is 0 Å². The van der Waals surface area contributed by atoms with Crippen molar-refractivity contribution in [3.05, 3.63) is 29.8 Å². The molecule has 5 heteroatoms. The molecule has 0 aliphatic carbocycles. The first-order valence-corrected chi connectivity index (χ1v) is 7.63. The first-order chi connectivity index (χ1) is 9.15. The Hall–Kier alpha value is -1.20. The van der Waals surface area contributed by atoms with Crippen LogP contribution in [0.2, 0.25) is 0 Å². The van der Waals surface area contributed by atoms with Crippen molar-refractivity contribution < 1.29 is 9.53 Å². The maximum atomic E-state index is 11.8. The summed E-state index contributed by atoms with van der Waals surface area (Å²) in [5.41, 5.74) is 1.17. The van der Waals surface area contributed by atoms with Gasteiger partial charge in [-0.05, 0) is 31.5 Å². The molecular formula is C14H20N2O2S. The van der Waals surface area contributed by atoms with E-state index in [-0.39, 0.29) is 18.1 Å². The van der Waals surface area contributed by atoms with E-state index in [0.717, 1.165) is 17.4 Å². The van der Waals surface area contributed by atoms with E-state index in [4.69, 9.17) is 4.74 Å². The predicted octanol–water partition coefficient (Wildman–Crippen LogP) is 1.54. The molecule has 4 nitrogen and oxygen atoms in total. The molecule has 2 unspecified atom stereocenters. The number of thioether (sulfide) groups is 1. The van der Waals surface area contributed by atoms with Crippen molar-refractivity contribution in [2.24, 2.45) is 0 Å². The highest BCUT2D eigenvalue weighted by molar-refractivity contribution is 7.99. The third kappa shape index (κ3) is 4.44. The number of benzene rings is 1. The van der Waals surface area contributed by atoms with Crippen molar-refractivity contribution in [3.8, 4) is 5.75 Å². The van der Waals surface area contributed by atoms with Crippen molar-refractivity contribution >= 4 is 17.7 Å². The Kier molecular flexibility index (Phi) is 5.10. The number of carbonyl (C=O) groups is 1. The molecule has 0 spiro atoms. The second kappa shape index (κ2) is 6.82. The number of rotatable bonds is 5. The van der Waals surface area contributed by atoms with Gasteiger partial charge in [0.05, 0.1) is 12.6 Å². The van der Waals surface area contributed by atoms with E-state index in [0.29, 0.717) is 6.54 Å². The summed E-state index contributed by atoms with van der Waals surface area (Å²) in [4.78, 5) is 11.8. The second-order valence-corrected chi connectivity index (χ2v) is 5.79. The Balaban J connectivity index is 1.75. The van der Waals surface area contributed by atoms with Gasteiger partial charge in [0.25, 0.3) is 0 Å². The van der Waals surface area contributed by atoms with Crippen molar-refractivity contribution in [2.75, 3.05) is 18.2 Å². The van der Waals surface area contributed by atoms with Crippen LogP contribution in [0.5, 0.6) is 5.75 Å². The molecule has 1 aliphatic heterocycles. The third-order valence-corrected chi connectivity index (χ3v) is 3.86. The predicted molar refractivity (Wildman–Crippen MR) is 78.5 cm³/mol. The highest BCUT2D eigenvalue weighted by Gasteiger charge is 2.22. The summed E-state index contributed by atoms with van der Waals surface area (Å²) in [6, 6.07) is 7.86. The number of ether oxygens (including phenoxy) is 1. The molecule has 1 amide bonds. The molecule has 0 bridgehead atoms. The number of aryl methyl sites for hydroxylation is 1. The van der Waals surface area contributed by atoms with Crippen molar-refractivity contribution in [1.29, 1.82) is 0 Å². The van der Waals surface area contributed by atoms with E-state index in [9.17, 15) is 4.79 Å². The molecule has 0 aromatic heterocycles. The average molecular weight is 280 g/mol. The van der Waals surface area contributed by atoms with Gasteiger partial charge in [0.2, 0.25) is 5.91 Å². The summed E-state index contributed by atoms with van der Waals surface area (Å²) in [5, 5.41) is 6.07. The van der Waals surface area contributed by atoms with Crippen molar-refractivity contribution in [1.82, 2.24) is 10.6 Å². The molecule has 1 aromatic carbocycles. The lowest BCUT2D eigenvalue weighted by Crippen LogP contribution is -2.44. The zero-order valence-corrected chi connectivity index (χ0v) is 12.1. The number of hydrogen-bond acceptors (Lipinski definition) is 4. The molecule has 1 aliphatic rings. The maximum Gasteiger partial charge on any atom is 0.238 e. The molecule has 0 saturated carbocycles. The third-order valence-electron chi connectivity index (χ3n) is 2.92. The number of hydrogen-bond donors (Lipinski definition) is 2. The molecule has 2 N–H and O–H groups in total. The molecule has 104 valence electrons. The topological polar surface area (TPSA) is 50.4 Å². The zero-order chi connectivity index (χ0) is 13.7. The zero-order valence-electron chi connectivity index (χ0n) is 11.3. The van der Waals surface area contributed by atoms with Crippen LogP contribution in [0, 0.1) is 6.92 Å². The molecule has 2 atom stereocenters. The van der Waals surface area contributed by atoms with Crippen LogP contribution in [0.25, 0.3) is 0 Å². The Morgan fingerprint density at radius 3 is 3.16 bits per heavy atom. The van der Waals surface area contributed by atoms with Crippen LogP contribution in [-0.2, 0) is 4.79 Å². The lowest BCUT2D eigenvalue weighted by atomic mass is 10.2. The minimum atomic E-state index is -0.0591. The van der Waals surface area contributed by atoms with Gasteiger partial charge in [-0.15, -0.1) is 11.8 Å². The largest absolute Gasteiger partial charge is 0.489 e. The van der Waals surface area contributed by atoms with Gasteiger partial charge in [-0.2, -0.15) is 0 Å². The number of nitrogens with one attached hydrogen (secondary N) is 2. The summed E-state index contributed by atoms with van der Waals surface area (Å²) < 4.78 is 5.77. The lowest BCUT2D eigenvalue weighted by molar-refractivity contribution is -0.122. The van der Waals surface area contributed by atoms with E-state index in [1.165, 1.54) is 5.56 Å². The second-order valence-electron chi connectivity index (χ2n) is 4.76. The van der Waals surface area contributed by atoms with Crippen LogP contribution < -0.4 is 15.4 Å². The summed E-state index contributed by atoms with van der Waals surface area (Å²) in [6.07, 6.45) is -0.0418. The van der Waals surface area contributed by atoms with Crippen LogP contribution in [0.1, 0.15) is 12.5 Å².